The lowest BCUT2D eigenvalue weighted by Gasteiger charge is -2.20. The molecule has 0 aliphatic heterocycles. The van der Waals surface area contributed by atoms with E-state index in [2.05, 4.69) is 0 Å². The zero-order chi connectivity index (χ0) is 11.9. The zero-order valence-corrected chi connectivity index (χ0v) is 6.94. The van der Waals surface area contributed by atoms with Crippen LogP contribution in [0, 0.1) is 5.41 Å². The van der Waals surface area contributed by atoms with Crippen molar-refractivity contribution in [1.82, 2.24) is 0 Å². The molecule has 1 fully saturated rings. The Morgan fingerprint density at radius 1 is 1.64 bits per heavy atom. The van der Waals surface area contributed by atoms with E-state index in [1.807, 2.05) is 0 Å². The summed E-state index contributed by atoms with van der Waals surface area (Å²) in [5.41, 5.74) is -1.70. The summed E-state index contributed by atoms with van der Waals surface area (Å²) >= 11 is 0. The molecule has 0 amide bonds. The van der Waals surface area contributed by atoms with E-state index in [1.165, 1.54) is 6.92 Å². The summed E-state index contributed by atoms with van der Waals surface area (Å²) in [6.45, 7) is 3.08. The highest BCUT2D eigenvalue weighted by molar-refractivity contribution is 5.76. The van der Waals surface area contributed by atoms with E-state index in [9.17, 15) is 4.79 Å². The van der Waals surface area contributed by atoms with Crippen LogP contribution in [0.1, 0.15) is 44.9 Å². The molecule has 1 aliphatic rings. The molecule has 1 rings (SSSR count). The molecule has 0 bridgehead atoms. The molecule has 2 heteroatoms. The number of hydrogen-bond donors (Lipinski definition) is 0. The maximum Gasteiger partial charge on any atom is 0.311 e. The van der Waals surface area contributed by atoms with Gasteiger partial charge in [0.1, 0.15) is 0 Å². The maximum absolute atomic E-state index is 11.7. The Bertz CT molecular complexity index is 259. The summed E-state index contributed by atoms with van der Waals surface area (Å²) in [4.78, 5) is 11.7. The predicted molar refractivity (Wildman–Crippen MR) is 43.2 cm³/mol. The van der Waals surface area contributed by atoms with Crippen LogP contribution < -0.4 is 0 Å². The Morgan fingerprint density at radius 3 is 2.64 bits per heavy atom. The van der Waals surface area contributed by atoms with Gasteiger partial charge in [0.15, 0.2) is 0 Å². The van der Waals surface area contributed by atoms with Crippen molar-refractivity contribution in [2.24, 2.45) is 5.41 Å². The van der Waals surface area contributed by atoms with Crippen molar-refractivity contribution in [3.63, 3.8) is 0 Å². The Balaban J connectivity index is 3.10. The Hall–Kier alpha value is -0.530. The van der Waals surface area contributed by atoms with Crippen LogP contribution in [0.2, 0.25) is 0 Å². The predicted octanol–water partition coefficient (Wildman–Crippen LogP) is 2.13. The van der Waals surface area contributed by atoms with Crippen molar-refractivity contribution < 1.29 is 15.0 Å². The first-order valence-electron chi connectivity index (χ1n) is 5.86. The van der Waals surface area contributed by atoms with Crippen LogP contribution in [0.15, 0.2) is 0 Å². The Kier molecular flexibility index (Phi) is 1.32. The molecule has 0 aromatic carbocycles. The van der Waals surface area contributed by atoms with Gasteiger partial charge >= 0.3 is 5.97 Å². The van der Waals surface area contributed by atoms with Gasteiger partial charge in [0.25, 0.3) is 0 Å². The molecule has 0 radical (unpaired) electrons. The third-order valence-corrected chi connectivity index (χ3v) is 1.77. The van der Waals surface area contributed by atoms with E-state index in [0.29, 0.717) is 0 Å². The lowest BCUT2D eigenvalue weighted by Crippen LogP contribution is -2.26. The highest BCUT2D eigenvalue weighted by atomic mass is 16.5. The zero-order valence-electron chi connectivity index (χ0n) is 10.9. The van der Waals surface area contributed by atoms with Crippen LogP contribution in [0.25, 0.3) is 0 Å². The molecule has 64 valence electrons. The van der Waals surface area contributed by atoms with Gasteiger partial charge in [0, 0.05) is 5.48 Å². The standard InChI is InChI=1S/C9H16O2/c1-3-11-8(10)9(2)6-4-5-7-9/h3-7H2,1-2H3/i6D2,7D2. The fourth-order valence-electron chi connectivity index (χ4n) is 1.11. The van der Waals surface area contributed by atoms with E-state index < -0.39 is 24.1 Å². The number of esters is 1. The van der Waals surface area contributed by atoms with Gasteiger partial charge in [-0.25, -0.2) is 0 Å². The van der Waals surface area contributed by atoms with Crippen LogP contribution in [-0.2, 0) is 9.53 Å². The lowest BCUT2D eigenvalue weighted by atomic mass is 9.89. The van der Waals surface area contributed by atoms with E-state index in [4.69, 9.17) is 10.2 Å². The first-order chi connectivity index (χ1) is 6.69. The fraction of sp³-hybridized carbons (Fsp3) is 0.889. The Labute approximate surface area is 73.5 Å². The topological polar surface area (TPSA) is 26.3 Å². The molecule has 0 N–H and O–H groups in total. The molecule has 0 spiro atoms. The highest BCUT2D eigenvalue weighted by Gasteiger charge is 2.37. The molecule has 0 heterocycles. The van der Waals surface area contributed by atoms with Crippen molar-refractivity contribution in [1.29, 1.82) is 0 Å². The first-order valence-corrected chi connectivity index (χ1v) is 3.86. The molecular formula is C9H16O2. The SMILES string of the molecule is [2H]C1([2H])CCC([2H])([2H])C1(C)C(=O)OCC. The van der Waals surface area contributed by atoms with Crippen molar-refractivity contribution in [3.05, 3.63) is 0 Å². The molecule has 0 saturated heterocycles. The summed E-state index contributed by atoms with van der Waals surface area (Å²) < 4.78 is 35.7. The van der Waals surface area contributed by atoms with Crippen molar-refractivity contribution in [3.8, 4) is 0 Å². The molecule has 1 aliphatic carbocycles. The van der Waals surface area contributed by atoms with Gasteiger partial charge < -0.3 is 4.74 Å². The van der Waals surface area contributed by atoms with Gasteiger partial charge in [0.2, 0.25) is 0 Å². The van der Waals surface area contributed by atoms with Gasteiger partial charge in [-0.05, 0) is 26.6 Å². The summed E-state index contributed by atoms with van der Waals surface area (Å²) in [5, 5.41) is 0. The molecule has 0 unspecified atom stereocenters. The number of rotatable bonds is 2. The smallest absolute Gasteiger partial charge is 0.311 e. The largest absolute Gasteiger partial charge is 0.466 e. The van der Waals surface area contributed by atoms with E-state index >= 15 is 0 Å². The quantitative estimate of drug-likeness (QED) is 0.578. The first kappa shape index (κ1) is 4.48. The van der Waals surface area contributed by atoms with E-state index in [1.54, 1.807) is 6.92 Å². The molecule has 2 nitrogen and oxygen atoms in total. The second kappa shape index (κ2) is 3.24. The van der Waals surface area contributed by atoms with Gasteiger partial charge in [-0.2, -0.15) is 0 Å². The summed E-state index contributed by atoms with van der Waals surface area (Å²) in [6, 6.07) is 0. The van der Waals surface area contributed by atoms with Gasteiger partial charge in [-0.3, -0.25) is 4.79 Å². The number of carbonyl (C=O) groups excluding carboxylic acids is 1. The van der Waals surface area contributed by atoms with Gasteiger partial charge in [0.05, 0.1) is 12.0 Å². The van der Waals surface area contributed by atoms with Crippen molar-refractivity contribution in [2.45, 2.75) is 39.4 Å². The second-order valence-corrected chi connectivity index (χ2v) is 2.70. The minimum Gasteiger partial charge on any atom is -0.466 e. The third kappa shape index (κ3) is 1.73. The molecule has 0 aromatic rings. The summed E-state index contributed by atoms with van der Waals surface area (Å²) in [5.74, 6) is -0.780. The average Bonchev–Trinajstić information content (AvgIpc) is 2.28. The molecule has 1 saturated carbocycles. The van der Waals surface area contributed by atoms with Crippen LogP contribution in [0.4, 0.5) is 0 Å². The van der Waals surface area contributed by atoms with E-state index in [-0.39, 0.29) is 19.4 Å². The van der Waals surface area contributed by atoms with E-state index in [0.717, 1.165) is 0 Å². The minimum absolute atomic E-state index is 0.0509. The van der Waals surface area contributed by atoms with Crippen LogP contribution in [0.3, 0.4) is 0 Å². The maximum atomic E-state index is 11.7. The lowest BCUT2D eigenvalue weighted by molar-refractivity contribution is -0.154. The van der Waals surface area contributed by atoms with Crippen LogP contribution in [0.5, 0.6) is 0 Å². The molecule has 0 atom stereocenters. The number of hydrogen-bond acceptors (Lipinski definition) is 2. The molecule has 0 aromatic heterocycles. The normalized spacial score (nSPS) is 36.2. The van der Waals surface area contributed by atoms with Crippen LogP contribution >= 0.6 is 0 Å². The molecular weight excluding hydrogens is 140 g/mol. The van der Waals surface area contributed by atoms with Crippen LogP contribution in [-0.4, -0.2) is 12.6 Å². The second-order valence-electron chi connectivity index (χ2n) is 2.70. The third-order valence-electron chi connectivity index (χ3n) is 1.77. The van der Waals surface area contributed by atoms with Gasteiger partial charge in [-0.15, -0.1) is 0 Å². The number of ether oxygens (including phenoxy) is 1. The highest BCUT2D eigenvalue weighted by Crippen LogP contribution is 2.38. The Morgan fingerprint density at radius 2 is 2.18 bits per heavy atom. The summed E-state index contributed by atoms with van der Waals surface area (Å²) in [6.07, 6.45) is -3.59. The van der Waals surface area contributed by atoms with Gasteiger partial charge in [-0.1, -0.05) is 12.8 Å². The van der Waals surface area contributed by atoms with Crippen molar-refractivity contribution >= 4 is 5.97 Å². The van der Waals surface area contributed by atoms with Crippen molar-refractivity contribution in [2.75, 3.05) is 6.61 Å². The summed E-state index contributed by atoms with van der Waals surface area (Å²) in [7, 11) is 0. The average molecular weight is 160 g/mol. The number of carbonyl (C=O) groups is 1. The fourth-order valence-corrected chi connectivity index (χ4v) is 1.11. The molecule has 11 heavy (non-hydrogen) atoms. The monoisotopic (exact) mass is 160 g/mol. The minimum atomic E-state index is -1.84.